The second kappa shape index (κ2) is 6.57. The minimum Gasteiger partial charge on any atom is -0.497 e. The summed E-state index contributed by atoms with van der Waals surface area (Å²) >= 11 is 1.28. The second-order valence-corrected chi connectivity index (χ2v) is 5.69. The first kappa shape index (κ1) is 16.0. The topological polar surface area (TPSA) is 68.7 Å². The molecule has 0 aliphatic carbocycles. The highest BCUT2D eigenvalue weighted by Crippen LogP contribution is 2.36. The Labute approximate surface area is 132 Å². The molecule has 0 spiro atoms. The number of methoxy groups -OCH3 is 1. The Morgan fingerprint density at radius 3 is 2.59 bits per heavy atom. The van der Waals surface area contributed by atoms with Crippen molar-refractivity contribution in [1.82, 2.24) is 4.98 Å². The standard InChI is InChI=1S/C15H16N2O4S/c1-9-14(21-11(3)19)16-15(22-9)17(10(2)18)12-6-5-7-13(8-12)20-4/h5-8H,1-4H3. The SMILES string of the molecule is COc1cccc(N(C(C)=O)c2nc(OC(C)=O)c(C)s2)c1. The van der Waals surface area contributed by atoms with Gasteiger partial charge in [-0.05, 0) is 19.1 Å². The van der Waals surface area contributed by atoms with Crippen molar-refractivity contribution >= 4 is 34.0 Å². The molecular formula is C15H16N2O4S. The van der Waals surface area contributed by atoms with Crippen LogP contribution in [0.1, 0.15) is 18.7 Å². The molecule has 0 aliphatic rings. The zero-order valence-corrected chi connectivity index (χ0v) is 13.6. The molecule has 116 valence electrons. The molecule has 0 fully saturated rings. The molecule has 0 aliphatic heterocycles. The van der Waals surface area contributed by atoms with Gasteiger partial charge >= 0.3 is 5.97 Å². The van der Waals surface area contributed by atoms with Gasteiger partial charge in [0.15, 0.2) is 0 Å². The summed E-state index contributed by atoms with van der Waals surface area (Å²) in [6.07, 6.45) is 0. The van der Waals surface area contributed by atoms with E-state index in [0.29, 0.717) is 16.6 Å². The Morgan fingerprint density at radius 2 is 2.00 bits per heavy atom. The van der Waals surface area contributed by atoms with Crippen LogP contribution >= 0.6 is 11.3 Å². The minimum atomic E-state index is -0.448. The van der Waals surface area contributed by atoms with Crippen molar-refractivity contribution in [1.29, 1.82) is 0 Å². The van der Waals surface area contributed by atoms with E-state index >= 15 is 0 Å². The highest BCUT2D eigenvalue weighted by molar-refractivity contribution is 7.16. The lowest BCUT2D eigenvalue weighted by Gasteiger charge is -2.18. The predicted octanol–water partition coefficient (Wildman–Crippen LogP) is 3.07. The molecule has 0 N–H and O–H groups in total. The zero-order valence-electron chi connectivity index (χ0n) is 12.7. The Balaban J connectivity index is 2.44. The first-order valence-corrected chi connectivity index (χ1v) is 7.34. The number of nitrogens with zero attached hydrogens (tertiary/aromatic N) is 2. The fraction of sp³-hybridized carbons (Fsp3) is 0.267. The predicted molar refractivity (Wildman–Crippen MR) is 84.0 cm³/mol. The van der Waals surface area contributed by atoms with E-state index in [4.69, 9.17) is 9.47 Å². The number of carbonyl (C=O) groups excluding carboxylic acids is 2. The third kappa shape index (κ3) is 3.43. The number of carbonyl (C=O) groups is 2. The summed E-state index contributed by atoms with van der Waals surface area (Å²) in [5.41, 5.74) is 0.634. The number of benzene rings is 1. The lowest BCUT2D eigenvalue weighted by Crippen LogP contribution is -2.22. The van der Waals surface area contributed by atoms with Gasteiger partial charge in [0.25, 0.3) is 0 Å². The van der Waals surface area contributed by atoms with Crippen LogP contribution in [0, 0.1) is 6.92 Å². The third-order valence-electron chi connectivity index (χ3n) is 2.80. The summed E-state index contributed by atoms with van der Waals surface area (Å²) in [6.45, 7) is 4.54. The van der Waals surface area contributed by atoms with Crippen LogP contribution in [0.25, 0.3) is 0 Å². The molecular weight excluding hydrogens is 304 g/mol. The van der Waals surface area contributed by atoms with Gasteiger partial charge < -0.3 is 9.47 Å². The summed E-state index contributed by atoms with van der Waals surface area (Å²) in [6, 6.07) is 7.10. The number of rotatable bonds is 4. The molecule has 0 saturated heterocycles. The van der Waals surface area contributed by atoms with Gasteiger partial charge in [0, 0.05) is 19.9 Å². The molecule has 1 heterocycles. The number of anilines is 2. The molecule has 7 heteroatoms. The Morgan fingerprint density at radius 1 is 1.27 bits per heavy atom. The van der Waals surface area contributed by atoms with E-state index < -0.39 is 5.97 Å². The number of esters is 1. The number of hydrogen-bond donors (Lipinski definition) is 0. The van der Waals surface area contributed by atoms with Gasteiger partial charge in [0.05, 0.1) is 17.7 Å². The Bertz CT molecular complexity index is 711. The van der Waals surface area contributed by atoms with E-state index in [1.165, 1.54) is 30.1 Å². The van der Waals surface area contributed by atoms with Gasteiger partial charge in [0.1, 0.15) is 5.75 Å². The Hall–Kier alpha value is -2.41. The smallest absolute Gasteiger partial charge is 0.309 e. The average molecular weight is 320 g/mol. The van der Waals surface area contributed by atoms with Crippen molar-refractivity contribution in [3.63, 3.8) is 0 Å². The van der Waals surface area contributed by atoms with Crippen LogP contribution < -0.4 is 14.4 Å². The van der Waals surface area contributed by atoms with Gasteiger partial charge in [0.2, 0.25) is 16.9 Å². The maximum absolute atomic E-state index is 12.0. The number of amides is 1. The van der Waals surface area contributed by atoms with E-state index in [1.54, 1.807) is 38.3 Å². The van der Waals surface area contributed by atoms with Crippen LogP contribution in [0.3, 0.4) is 0 Å². The molecule has 22 heavy (non-hydrogen) atoms. The Kier molecular flexibility index (Phi) is 4.77. The van der Waals surface area contributed by atoms with Gasteiger partial charge in [-0.3, -0.25) is 14.5 Å². The molecule has 0 atom stereocenters. The molecule has 0 saturated carbocycles. The van der Waals surface area contributed by atoms with Crippen LogP contribution in [0.4, 0.5) is 10.8 Å². The van der Waals surface area contributed by atoms with Crippen molar-refractivity contribution < 1.29 is 19.1 Å². The van der Waals surface area contributed by atoms with Crippen molar-refractivity contribution in [3.05, 3.63) is 29.1 Å². The fourth-order valence-electron chi connectivity index (χ4n) is 1.87. The van der Waals surface area contributed by atoms with Crippen LogP contribution in [0.2, 0.25) is 0 Å². The zero-order chi connectivity index (χ0) is 16.3. The highest BCUT2D eigenvalue weighted by Gasteiger charge is 2.21. The first-order valence-electron chi connectivity index (χ1n) is 6.53. The van der Waals surface area contributed by atoms with E-state index in [-0.39, 0.29) is 11.8 Å². The third-order valence-corrected chi connectivity index (χ3v) is 3.74. The summed E-state index contributed by atoms with van der Waals surface area (Å²) < 4.78 is 10.2. The van der Waals surface area contributed by atoms with Gasteiger partial charge in [-0.25, -0.2) is 0 Å². The number of aromatic nitrogens is 1. The molecule has 2 rings (SSSR count). The largest absolute Gasteiger partial charge is 0.497 e. The average Bonchev–Trinajstić information content (AvgIpc) is 2.79. The lowest BCUT2D eigenvalue weighted by molar-refractivity contribution is -0.132. The van der Waals surface area contributed by atoms with Crippen molar-refractivity contribution in [2.24, 2.45) is 0 Å². The minimum absolute atomic E-state index is 0.198. The van der Waals surface area contributed by atoms with E-state index in [2.05, 4.69) is 4.98 Å². The summed E-state index contributed by atoms with van der Waals surface area (Å²) in [5.74, 6) is 0.214. The number of hydrogen-bond acceptors (Lipinski definition) is 6. The summed E-state index contributed by atoms with van der Waals surface area (Å²) in [5, 5.41) is 0.439. The molecule has 1 amide bonds. The van der Waals surface area contributed by atoms with Crippen molar-refractivity contribution in [2.45, 2.75) is 20.8 Å². The number of aryl methyl sites for hydroxylation is 1. The molecule has 1 aromatic heterocycles. The summed E-state index contributed by atoms with van der Waals surface area (Å²) in [4.78, 5) is 29.5. The molecule has 0 bridgehead atoms. The van der Waals surface area contributed by atoms with Gasteiger partial charge in [-0.15, -0.1) is 0 Å². The van der Waals surface area contributed by atoms with Crippen LogP contribution in [0.5, 0.6) is 11.6 Å². The highest BCUT2D eigenvalue weighted by atomic mass is 32.1. The van der Waals surface area contributed by atoms with Gasteiger partial charge in [-0.2, -0.15) is 4.98 Å². The number of thiazole rings is 1. The van der Waals surface area contributed by atoms with Crippen molar-refractivity contribution in [3.8, 4) is 11.6 Å². The fourth-order valence-corrected chi connectivity index (χ4v) is 2.77. The van der Waals surface area contributed by atoms with Gasteiger partial charge in [-0.1, -0.05) is 17.4 Å². The van der Waals surface area contributed by atoms with E-state index in [1.807, 2.05) is 0 Å². The second-order valence-electron chi connectivity index (χ2n) is 4.51. The molecule has 0 unspecified atom stereocenters. The van der Waals surface area contributed by atoms with E-state index in [9.17, 15) is 9.59 Å². The lowest BCUT2D eigenvalue weighted by atomic mass is 10.3. The number of ether oxygens (including phenoxy) is 2. The maximum atomic E-state index is 12.0. The quantitative estimate of drug-likeness (QED) is 0.810. The molecule has 0 radical (unpaired) electrons. The van der Waals surface area contributed by atoms with Crippen molar-refractivity contribution in [2.75, 3.05) is 12.0 Å². The first-order chi connectivity index (χ1) is 10.4. The monoisotopic (exact) mass is 320 g/mol. The summed E-state index contributed by atoms with van der Waals surface area (Å²) in [7, 11) is 1.56. The molecule has 1 aromatic carbocycles. The molecule has 6 nitrogen and oxygen atoms in total. The van der Waals surface area contributed by atoms with E-state index in [0.717, 1.165) is 4.88 Å². The maximum Gasteiger partial charge on any atom is 0.309 e. The normalized spacial score (nSPS) is 10.2. The van der Waals surface area contributed by atoms with Crippen LogP contribution in [0.15, 0.2) is 24.3 Å². The molecule has 2 aromatic rings. The van der Waals surface area contributed by atoms with Crippen LogP contribution in [-0.4, -0.2) is 24.0 Å². The van der Waals surface area contributed by atoms with Crippen LogP contribution in [-0.2, 0) is 9.59 Å².